The van der Waals surface area contributed by atoms with Crippen LogP contribution in [0, 0.1) is 10.8 Å². The molecule has 0 amide bonds. The van der Waals surface area contributed by atoms with Crippen LogP contribution in [0.25, 0.3) is 0 Å². The van der Waals surface area contributed by atoms with E-state index in [1.807, 2.05) is 6.07 Å². The van der Waals surface area contributed by atoms with Gasteiger partial charge < -0.3 is 10.2 Å². The number of hydrogen-bond donors (Lipinski definition) is 2. The van der Waals surface area contributed by atoms with Crippen LogP contribution < -0.4 is 0 Å². The van der Waals surface area contributed by atoms with E-state index < -0.39 is 0 Å². The van der Waals surface area contributed by atoms with Gasteiger partial charge in [-0.1, -0.05) is 53.0 Å². The van der Waals surface area contributed by atoms with Gasteiger partial charge in [0.15, 0.2) is 11.5 Å². The highest BCUT2D eigenvalue weighted by atomic mass is 16.3. The first-order chi connectivity index (χ1) is 11.7. The van der Waals surface area contributed by atoms with Crippen molar-refractivity contribution >= 4 is 0 Å². The fraction of sp³-hybridized carbons (Fsp3) is 0.739. The Hall–Kier alpha value is -1.18. The van der Waals surface area contributed by atoms with Gasteiger partial charge in [-0.25, -0.2) is 0 Å². The highest BCUT2D eigenvalue weighted by molar-refractivity contribution is 5.49. The molecule has 2 rings (SSSR count). The quantitative estimate of drug-likeness (QED) is 0.363. The van der Waals surface area contributed by atoms with E-state index in [0.29, 0.717) is 10.8 Å². The lowest BCUT2D eigenvalue weighted by Crippen LogP contribution is -2.04. The van der Waals surface area contributed by atoms with Crippen molar-refractivity contribution in [2.45, 2.75) is 98.3 Å². The van der Waals surface area contributed by atoms with Crippen LogP contribution in [0.4, 0.5) is 0 Å². The summed E-state index contributed by atoms with van der Waals surface area (Å²) in [5.74, 6) is 0.140. The zero-order chi connectivity index (χ0) is 18.5. The van der Waals surface area contributed by atoms with Crippen molar-refractivity contribution in [1.29, 1.82) is 0 Å². The molecule has 2 N–H and O–H groups in total. The van der Waals surface area contributed by atoms with Crippen LogP contribution >= 0.6 is 0 Å². The van der Waals surface area contributed by atoms with Gasteiger partial charge in [0.2, 0.25) is 0 Å². The first kappa shape index (κ1) is 20.1. The third-order valence-corrected chi connectivity index (χ3v) is 5.79. The van der Waals surface area contributed by atoms with Crippen molar-refractivity contribution in [1.82, 2.24) is 0 Å². The van der Waals surface area contributed by atoms with Crippen molar-refractivity contribution in [3.8, 4) is 11.5 Å². The molecule has 1 fully saturated rings. The van der Waals surface area contributed by atoms with Gasteiger partial charge in [-0.2, -0.15) is 0 Å². The molecule has 0 unspecified atom stereocenters. The molecule has 0 aliphatic heterocycles. The Labute approximate surface area is 154 Å². The maximum absolute atomic E-state index is 10.3. The normalized spacial score (nSPS) is 16.2. The van der Waals surface area contributed by atoms with Gasteiger partial charge in [0, 0.05) is 5.56 Å². The number of aromatic hydroxyl groups is 2. The lowest BCUT2D eigenvalue weighted by Gasteiger charge is -2.18. The third kappa shape index (κ3) is 6.92. The Morgan fingerprint density at radius 2 is 1.60 bits per heavy atom. The number of rotatable bonds is 10. The maximum Gasteiger partial charge on any atom is 0.160 e. The second-order valence-corrected chi connectivity index (χ2v) is 9.71. The molecule has 0 bridgehead atoms. The summed E-state index contributed by atoms with van der Waals surface area (Å²) in [5.41, 5.74) is 3.23. The molecule has 0 radical (unpaired) electrons. The Kier molecular flexibility index (Phi) is 6.82. The van der Waals surface area contributed by atoms with Gasteiger partial charge in [-0.05, 0) is 73.8 Å². The van der Waals surface area contributed by atoms with Crippen LogP contribution in [0.3, 0.4) is 0 Å². The largest absolute Gasteiger partial charge is 0.504 e. The maximum atomic E-state index is 10.3. The Morgan fingerprint density at radius 1 is 0.920 bits per heavy atom. The summed E-state index contributed by atoms with van der Waals surface area (Å²) in [6.45, 7) is 9.25. The van der Waals surface area contributed by atoms with E-state index in [2.05, 4.69) is 27.7 Å². The Balaban J connectivity index is 1.83. The van der Waals surface area contributed by atoms with Gasteiger partial charge in [-0.3, -0.25) is 0 Å². The molecular formula is C23H38O2. The molecule has 2 heteroatoms. The number of aryl methyl sites for hydroxylation is 1. The van der Waals surface area contributed by atoms with Gasteiger partial charge in [0.05, 0.1) is 0 Å². The standard InChI is InChI=1S/C23H38O2/c1-22(2,3)14-9-7-10-18-12-13-20(24)21(25)19(18)11-6-5-8-15-23(4)16-17-23/h12-13,24-25H,5-11,14-17H2,1-4H3. The topological polar surface area (TPSA) is 40.5 Å². The lowest BCUT2D eigenvalue weighted by molar-refractivity contribution is 0.360. The fourth-order valence-electron chi connectivity index (χ4n) is 3.64. The lowest BCUT2D eigenvalue weighted by atomic mass is 9.88. The number of phenolic OH excluding ortho intramolecular Hbond substituents is 2. The molecule has 1 aliphatic rings. The fourth-order valence-corrected chi connectivity index (χ4v) is 3.64. The monoisotopic (exact) mass is 346 g/mol. The summed E-state index contributed by atoms with van der Waals surface area (Å²) in [6, 6.07) is 3.65. The molecule has 1 aromatic carbocycles. The van der Waals surface area contributed by atoms with E-state index in [4.69, 9.17) is 0 Å². The summed E-state index contributed by atoms with van der Waals surface area (Å²) < 4.78 is 0. The van der Waals surface area contributed by atoms with E-state index in [1.165, 1.54) is 50.5 Å². The molecule has 2 nitrogen and oxygen atoms in total. The van der Waals surface area contributed by atoms with Crippen LogP contribution in [-0.2, 0) is 12.8 Å². The molecule has 0 atom stereocenters. The molecule has 0 saturated heterocycles. The Bertz CT molecular complexity index is 550. The van der Waals surface area contributed by atoms with Crippen molar-refractivity contribution in [3.05, 3.63) is 23.3 Å². The number of phenols is 2. The third-order valence-electron chi connectivity index (χ3n) is 5.79. The highest BCUT2D eigenvalue weighted by Gasteiger charge is 2.35. The SMILES string of the molecule is CC(C)(C)CCCCc1ccc(O)c(O)c1CCCCCC1(C)CC1. The molecule has 1 aromatic rings. The van der Waals surface area contributed by atoms with Crippen molar-refractivity contribution < 1.29 is 10.2 Å². The number of hydrogen-bond acceptors (Lipinski definition) is 2. The zero-order valence-electron chi connectivity index (χ0n) is 16.8. The summed E-state index contributed by atoms with van der Waals surface area (Å²) in [6.07, 6.45) is 13.2. The summed E-state index contributed by atoms with van der Waals surface area (Å²) in [7, 11) is 0. The second kappa shape index (κ2) is 8.47. The van der Waals surface area contributed by atoms with Crippen LogP contribution in [-0.4, -0.2) is 10.2 Å². The smallest absolute Gasteiger partial charge is 0.160 e. The predicted molar refractivity (Wildman–Crippen MR) is 106 cm³/mol. The van der Waals surface area contributed by atoms with E-state index in [1.54, 1.807) is 6.07 Å². The van der Waals surface area contributed by atoms with Crippen molar-refractivity contribution in [2.24, 2.45) is 10.8 Å². The molecule has 1 aliphatic carbocycles. The van der Waals surface area contributed by atoms with Crippen molar-refractivity contribution in [2.75, 3.05) is 0 Å². The van der Waals surface area contributed by atoms with Gasteiger partial charge in [0.1, 0.15) is 0 Å². The Morgan fingerprint density at radius 3 is 2.24 bits per heavy atom. The van der Waals surface area contributed by atoms with Gasteiger partial charge >= 0.3 is 0 Å². The van der Waals surface area contributed by atoms with Crippen LogP contribution in [0.5, 0.6) is 11.5 Å². The van der Waals surface area contributed by atoms with Crippen molar-refractivity contribution in [3.63, 3.8) is 0 Å². The first-order valence-corrected chi connectivity index (χ1v) is 10.2. The highest BCUT2D eigenvalue weighted by Crippen LogP contribution is 2.49. The van der Waals surface area contributed by atoms with E-state index in [0.717, 1.165) is 31.2 Å². The minimum absolute atomic E-state index is 0.0268. The molecule has 0 spiro atoms. The second-order valence-electron chi connectivity index (χ2n) is 9.71. The molecule has 25 heavy (non-hydrogen) atoms. The molecule has 0 heterocycles. The molecule has 0 aromatic heterocycles. The summed E-state index contributed by atoms with van der Waals surface area (Å²) in [4.78, 5) is 0. The van der Waals surface area contributed by atoms with E-state index in [-0.39, 0.29) is 11.5 Å². The van der Waals surface area contributed by atoms with Crippen LogP contribution in [0.2, 0.25) is 0 Å². The molecule has 1 saturated carbocycles. The summed E-state index contributed by atoms with van der Waals surface area (Å²) in [5, 5.41) is 20.2. The van der Waals surface area contributed by atoms with Gasteiger partial charge in [0.25, 0.3) is 0 Å². The predicted octanol–water partition coefficient (Wildman–Crippen LogP) is 6.76. The first-order valence-electron chi connectivity index (χ1n) is 10.2. The van der Waals surface area contributed by atoms with E-state index >= 15 is 0 Å². The van der Waals surface area contributed by atoms with Crippen LogP contribution in [0.1, 0.15) is 96.6 Å². The number of benzene rings is 1. The summed E-state index contributed by atoms with van der Waals surface area (Å²) >= 11 is 0. The minimum Gasteiger partial charge on any atom is -0.504 e. The van der Waals surface area contributed by atoms with Gasteiger partial charge in [-0.15, -0.1) is 0 Å². The molecular weight excluding hydrogens is 308 g/mol. The average Bonchev–Trinajstić information content (AvgIpc) is 3.25. The number of unbranched alkanes of at least 4 members (excludes halogenated alkanes) is 3. The zero-order valence-corrected chi connectivity index (χ0v) is 16.8. The minimum atomic E-state index is 0.0268. The van der Waals surface area contributed by atoms with Crippen LogP contribution in [0.15, 0.2) is 12.1 Å². The van der Waals surface area contributed by atoms with E-state index in [9.17, 15) is 10.2 Å². The molecule has 142 valence electrons. The average molecular weight is 347 g/mol.